The van der Waals surface area contributed by atoms with Crippen molar-refractivity contribution in [2.45, 2.75) is 25.0 Å². The second-order valence-electron chi connectivity index (χ2n) is 5.51. The molecule has 0 aliphatic carbocycles. The van der Waals surface area contributed by atoms with E-state index in [0.29, 0.717) is 13.2 Å². The summed E-state index contributed by atoms with van der Waals surface area (Å²) in [6.07, 6.45) is 0.836. The molecular formula is C16H24N2O4. The number of rotatable bonds is 6. The summed E-state index contributed by atoms with van der Waals surface area (Å²) in [5.41, 5.74) is 6.71. The van der Waals surface area contributed by atoms with E-state index in [9.17, 15) is 9.90 Å². The second kappa shape index (κ2) is 8.12. The van der Waals surface area contributed by atoms with Gasteiger partial charge in [0.2, 0.25) is 5.91 Å². The normalized spacial score (nSPS) is 18.5. The van der Waals surface area contributed by atoms with Gasteiger partial charge in [-0.15, -0.1) is 0 Å². The zero-order valence-electron chi connectivity index (χ0n) is 12.8. The minimum Gasteiger partial charge on any atom is -0.497 e. The molecule has 6 heteroatoms. The summed E-state index contributed by atoms with van der Waals surface area (Å²) in [5.74, 6) is 0.646. The molecule has 1 aromatic carbocycles. The highest BCUT2D eigenvalue weighted by molar-refractivity contribution is 5.81. The summed E-state index contributed by atoms with van der Waals surface area (Å²) in [4.78, 5) is 12.1. The van der Waals surface area contributed by atoms with E-state index in [2.05, 4.69) is 5.32 Å². The first-order valence-electron chi connectivity index (χ1n) is 7.55. The van der Waals surface area contributed by atoms with Gasteiger partial charge in [-0.05, 0) is 36.5 Å². The van der Waals surface area contributed by atoms with E-state index in [4.69, 9.17) is 15.2 Å². The number of benzene rings is 1. The minimum absolute atomic E-state index is 0.141. The standard InChI is InChI=1S/C16H24N2O4/c1-21-13-4-2-11(3-5-13)14(19)10-18-16(20)15(17)12-6-8-22-9-7-12/h2-5,12,14-15,19H,6-10,17H2,1H3,(H,18,20). The Morgan fingerprint density at radius 2 is 2.05 bits per heavy atom. The van der Waals surface area contributed by atoms with Crippen LogP contribution in [-0.4, -0.2) is 43.9 Å². The summed E-state index contributed by atoms with van der Waals surface area (Å²) in [7, 11) is 1.59. The number of ether oxygens (including phenoxy) is 2. The maximum atomic E-state index is 12.1. The van der Waals surface area contributed by atoms with Gasteiger partial charge in [0.1, 0.15) is 5.75 Å². The molecule has 0 bridgehead atoms. The molecule has 6 nitrogen and oxygen atoms in total. The van der Waals surface area contributed by atoms with Gasteiger partial charge in [0.15, 0.2) is 0 Å². The number of aliphatic hydroxyl groups excluding tert-OH is 1. The van der Waals surface area contributed by atoms with Gasteiger partial charge in [0.25, 0.3) is 0 Å². The third kappa shape index (κ3) is 4.43. The van der Waals surface area contributed by atoms with Crippen molar-refractivity contribution in [3.05, 3.63) is 29.8 Å². The Bertz CT molecular complexity index is 472. The number of carbonyl (C=O) groups excluding carboxylic acids is 1. The molecule has 1 heterocycles. The molecule has 1 saturated heterocycles. The Balaban J connectivity index is 1.81. The molecule has 2 unspecified atom stereocenters. The van der Waals surface area contributed by atoms with Crippen molar-refractivity contribution >= 4 is 5.91 Å². The summed E-state index contributed by atoms with van der Waals surface area (Å²) in [5, 5.41) is 12.8. The largest absolute Gasteiger partial charge is 0.497 e. The third-order valence-corrected chi connectivity index (χ3v) is 4.05. The van der Waals surface area contributed by atoms with Crippen LogP contribution in [0.15, 0.2) is 24.3 Å². The molecule has 0 saturated carbocycles. The molecular weight excluding hydrogens is 284 g/mol. The zero-order valence-corrected chi connectivity index (χ0v) is 12.8. The first-order valence-corrected chi connectivity index (χ1v) is 7.55. The molecule has 0 radical (unpaired) electrons. The van der Waals surface area contributed by atoms with Crippen LogP contribution in [0, 0.1) is 5.92 Å². The predicted molar refractivity (Wildman–Crippen MR) is 82.5 cm³/mol. The Labute approximate surface area is 130 Å². The second-order valence-corrected chi connectivity index (χ2v) is 5.51. The molecule has 0 spiro atoms. The lowest BCUT2D eigenvalue weighted by Crippen LogP contribution is -2.47. The first kappa shape index (κ1) is 16.7. The molecule has 1 aliphatic rings. The smallest absolute Gasteiger partial charge is 0.237 e. The SMILES string of the molecule is COc1ccc(C(O)CNC(=O)C(N)C2CCOCC2)cc1. The van der Waals surface area contributed by atoms with Crippen LogP contribution in [0.3, 0.4) is 0 Å². The van der Waals surface area contributed by atoms with Gasteiger partial charge in [0.05, 0.1) is 19.3 Å². The highest BCUT2D eigenvalue weighted by Crippen LogP contribution is 2.19. The summed E-state index contributed by atoms with van der Waals surface area (Å²) >= 11 is 0. The number of nitrogens with one attached hydrogen (secondary N) is 1. The lowest BCUT2D eigenvalue weighted by molar-refractivity contribution is -0.124. The van der Waals surface area contributed by atoms with Crippen LogP contribution >= 0.6 is 0 Å². The van der Waals surface area contributed by atoms with Gasteiger partial charge in [-0.2, -0.15) is 0 Å². The van der Waals surface area contributed by atoms with Crippen LogP contribution in [-0.2, 0) is 9.53 Å². The maximum absolute atomic E-state index is 12.1. The fraction of sp³-hybridized carbons (Fsp3) is 0.562. The monoisotopic (exact) mass is 308 g/mol. The van der Waals surface area contributed by atoms with Gasteiger partial charge in [-0.25, -0.2) is 0 Å². The number of hydrogen-bond acceptors (Lipinski definition) is 5. The number of amides is 1. The minimum atomic E-state index is -0.767. The Morgan fingerprint density at radius 3 is 2.64 bits per heavy atom. The van der Waals surface area contributed by atoms with Crippen molar-refractivity contribution in [1.82, 2.24) is 5.32 Å². The van der Waals surface area contributed by atoms with Crippen molar-refractivity contribution < 1.29 is 19.4 Å². The number of aliphatic hydroxyl groups is 1. The van der Waals surface area contributed by atoms with Crippen molar-refractivity contribution in [2.24, 2.45) is 11.7 Å². The molecule has 1 amide bonds. The fourth-order valence-electron chi connectivity index (χ4n) is 2.55. The number of carbonyl (C=O) groups is 1. The van der Waals surface area contributed by atoms with Crippen LogP contribution in [0.5, 0.6) is 5.75 Å². The first-order chi connectivity index (χ1) is 10.6. The Morgan fingerprint density at radius 1 is 1.41 bits per heavy atom. The number of methoxy groups -OCH3 is 1. The molecule has 22 heavy (non-hydrogen) atoms. The van der Waals surface area contributed by atoms with E-state index in [-0.39, 0.29) is 18.4 Å². The highest BCUT2D eigenvalue weighted by atomic mass is 16.5. The lowest BCUT2D eigenvalue weighted by Gasteiger charge is -2.27. The summed E-state index contributed by atoms with van der Waals surface area (Å²) in [6.45, 7) is 1.45. The molecule has 1 aromatic rings. The topological polar surface area (TPSA) is 93.8 Å². The van der Waals surface area contributed by atoms with E-state index in [1.54, 1.807) is 31.4 Å². The van der Waals surface area contributed by atoms with Gasteiger partial charge in [-0.3, -0.25) is 4.79 Å². The third-order valence-electron chi connectivity index (χ3n) is 4.05. The molecule has 122 valence electrons. The highest BCUT2D eigenvalue weighted by Gasteiger charge is 2.26. The fourth-order valence-corrected chi connectivity index (χ4v) is 2.55. The van der Waals surface area contributed by atoms with E-state index < -0.39 is 12.1 Å². The average molecular weight is 308 g/mol. The molecule has 1 fully saturated rings. The molecule has 2 atom stereocenters. The Kier molecular flexibility index (Phi) is 6.18. The van der Waals surface area contributed by atoms with Crippen LogP contribution in [0.1, 0.15) is 24.5 Å². The van der Waals surface area contributed by atoms with Gasteiger partial charge in [-0.1, -0.05) is 12.1 Å². The van der Waals surface area contributed by atoms with Crippen LogP contribution in [0.4, 0.5) is 0 Å². The molecule has 2 rings (SSSR count). The number of hydrogen-bond donors (Lipinski definition) is 3. The van der Waals surface area contributed by atoms with Crippen molar-refractivity contribution in [3.63, 3.8) is 0 Å². The van der Waals surface area contributed by atoms with Crippen molar-refractivity contribution in [3.8, 4) is 5.75 Å². The quantitative estimate of drug-likeness (QED) is 0.715. The molecule has 1 aliphatic heterocycles. The molecule has 0 aromatic heterocycles. The van der Waals surface area contributed by atoms with Crippen molar-refractivity contribution in [2.75, 3.05) is 26.9 Å². The van der Waals surface area contributed by atoms with E-state index in [0.717, 1.165) is 24.2 Å². The van der Waals surface area contributed by atoms with E-state index in [1.165, 1.54) is 0 Å². The van der Waals surface area contributed by atoms with E-state index in [1.807, 2.05) is 0 Å². The van der Waals surface area contributed by atoms with Crippen molar-refractivity contribution in [1.29, 1.82) is 0 Å². The van der Waals surface area contributed by atoms with Gasteiger partial charge in [0, 0.05) is 19.8 Å². The van der Waals surface area contributed by atoms with E-state index >= 15 is 0 Å². The summed E-state index contributed by atoms with van der Waals surface area (Å²) in [6, 6.07) is 6.54. The molecule has 4 N–H and O–H groups in total. The zero-order chi connectivity index (χ0) is 15.9. The van der Waals surface area contributed by atoms with Crippen LogP contribution < -0.4 is 15.8 Å². The van der Waals surface area contributed by atoms with Crippen LogP contribution in [0.25, 0.3) is 0 Å². The average Bonchev–Trinajstić information content (AvgIpc) is 2.59. The maximum Gasteiger partial charge on any atom is 0.237 e. The predicted octanol–water partition coefficient (Wildman–Crippen LogP) is 0.599. The van der Waals surface area contributed by atoms with Gasteiger partial charge < -0.3 is 25.6 Å². The Hall–Kier alpha value is -1.63. The number of nitrogens with two attached hydrogens (primary N) is 1. The van der Waals surface area contributed by atoms with Gasteiger partial charge >= 0.3 is 0 Å². The lowest BCUT2D eigenvalue weighted by atomic mass is 9.92. The summed E-state index contributed by atoms with van der Waals surface area (Å²) < 4.78 is 10.3. The van der Waals surface area contributed by atoms with Crippen LogP contribution in [0.2, 0.25) is 0 Å².